The van der Waals surface area contributed by atoms with E-state index >= 15 is 0 Å². The molecule has 1 amide bonds. The topological polar surface area (TPSA) is 88.4 Å². The summed E-state index contributed by atoms with van der Waals surface area (Å²) in [7, 11) is -3.73. The second kappa shape index (κ2) is 8.55. The SMILES string of the molecule is O=C(Cc1c(F)cccc1Cl)Nc1ccc(S(=O)(=O)NCc2ccco2)cc1. The number of amides is 1. The zero-order valence-corrected chi connectivity index (χ0v) is 16.1. The summed E-state index contributed by atoms with van der Waals surface area (Å²) in [5.74, 6) is -0.551. The smallest absolute Gasteiger partial charge is 0.240 e. The Labute approximate surface area is 166 Å². The van der Waals surface area contributed by atoms with Crippen molar-refractivity contribution in [3.8, 4) is 0 Å². The molecule has 9 heteroatoms. The molecule has 0 saturated heterocycles. The van der Waals surface area contributed by atoms with Gasteiger partial charge >= 0.3 is 0 Å². The second-order valence-corrected chi connectivity index (χ2v) is 8.03. The van der Waals surface area contributed by atoms with Crippen LogP contribution in [0.3, 0.4) is 0 Å². The minimum absolute atomic E-state index is 0.0250. The lowest BCUT2D eigenvalue weighted by Crippen LogP contribution is -2.23. The maximum Gasteiger partial charge on any atom is 0.240 e. The van der Waals surface area contributed by atoms with Gasteiger partial charge < -0.3 is 9.73 Å². The third kappa shape index (κ3) is 4.98. The van der Waals surface area contributed by atoms with Gasteiger partial charge in [0, 0.05) is 16.3 Å². The molecule has 2 aromatic carbocycles. The summed E-state index contributed by atoms with van der Waals surface area (Å²) < 4.78 is 45.8. The van der Waals surface area contributed by atoms with E-state index in [1.807, 2.05) is 0 Å². The van der Waals surface area contributed by atoms with Crippen molar-refractivity contribution in [1.82, 2.24) is 4.72 Å². The molecule has 1 aromatic heterocycles. The Kier molecular flexibility index (Phi) is 6.13. The van der Waals surface area contributed by atoms with Crippen LogP contribution >= 0.6 is 11.6 Å². The normalized spacial score (nSPS) is 11.4. The van der Waals surface area contributed by atoms with Crippen LogP contribution in [-0.2, 0) is 27.8 Å². The number of anilines is 1. The highest BCUT2D eigenvalue weighted by Gasteiger charge is 2.15. The number of halogens is 2. The van der Waals surface area contributed by atoms with Crippen LogP contribution < -0.4 is 10.0 Å². The lowest BCUT2D eigenvalue weighted by Gasteiger charge is -2.09. The zero-order chi connectivity index (χ0) is 20.1. The molecule has 0 radical (unpaired) electrons. The van der Waals surface area contributed by atoms with Gasteiger partial charge in [-0.1, -0.05) is 17.7 Å². The third-order valence-electron chi connectivity index (χ3n) is 3.86. The Balaban J connectivity index is 1.63. The van der Waals surface area contributed by atoms with Crippen LogP contribution in [0.1, 0.15) is 11.3 Å². The van der Waals surface area contributed by atoms with Gasteiger partial charge in [-0.2, -0.15) is 0 Å². The molecule has 0 spiro atoms. The standard InChI is InChI=1S/C19H16ClFN2O4S/c20-17-4-1-5-18(21)16(17)11-19(24)23-13-6-8-15(9-7-13)28(25,26)22-12-14-3-2-10-27-14/h1-10,22H,11-12H2,(H,23,24). The quantitative estimate of drug-likeness (QED) is 0.607. The van der Waals surface area contributed by atoms with Gasteiger partial charge in [-0.3, -0.25) is 4.79 Å². The molecule has 0 saturated carbocycles. The first-order valence-electron chi connectivity index (χ1n) is 8.20. The fourth-order valence-corrected chi connectivity index (χ4v) is 3.67. The van der Waals surface area contributed by atoms with E-state index in [1.54, 1.807) is 12.1 Å². The van der Waals surface area contributed by atoms with Gasteiger partial charge in [0.25, 0.3) is 0 Å². The maximum absolute atomic E-state index is 13.8. The van der Waals surface area contributed by atoms with Gasteiger partial charge in [0.15, 0.2) is 0 Å². The van der Waals surface area contributed by atoms with E-state index in [0.717, 1.165) is 0 Å². The van der Waals surface area contributed by atoms with Crippen LogP contribution in [0.4, 0.5) is 10.1 Å². The fraction of sp³-hybridized carbons (Fsp3) is 0.105. The van der Waals surface area contributed by atoms with Crippen molar-refractivity contribution in [2.24, 2.45) is 0 Å². The predicted octanol–water partition coefficient (Wildman–Crippen LogP) is 3.73. The van der Waals surface area contributed by atoms with E-state index in [-0.39, 0.29) is 28.4 Å². The summed E-state index contributed by atoms with van der Waals surface area (Å²) in [6, 6.07) is 13.1. The molecule has 3 rings (SSSR count). The highest BCUT2D eigenvalue weighted by atomic mass is 35.5. The second-order valence-electron chi connectivity index (χ2n) is 5.85. The molecule has 0 fully saturated rings. The third-order valence-corrected chi connectivity index (χ3v) is 5.64. The lowest BCUT2D eigenvalue weighted by molar-refractivity contribution is -0.115. The summed E-state index contributed by atoms with van der Waals surface area (Å²) >= 11 is 5.91. The number of carbonyl (C=O) groups is 1. The molecule has 146 valence electrons. The molecular formula is C19H16ClFN2O4S. The van der Waals surface area contributed by atoms with Crippen molar-refractivity contribution in [2.45, 2.75) is 17.9 Å². The Morgan fingerprint density at radius 1 is 1.07 bits per heavy atom. The predicted molar refractivity (Wildman–Crippen MR) is 103 cm³/mol. The summed E-state index contributed by atoms with van der Waals surface area (Å²) in [5, 5.41) is 2.75. The zero-order valence-electron chi connectivity index (χ0n) is 14.5. The number of nitrogens with one attached hydrogen (secondary N) is 2. The van der Waals surface area contributed by atoms with Crippen molar-refractivity contribution in [3.63, 3.8) is 0 Å². The molecule has 6 nitrogen and oxygen atoms in total. The lowest BCUT2D eigenvalue weighted by atomic mass is 10.1. The number of hydrogen-bond donors (Lipinski definition) is 2. The largest absolute Gasteiger partial charge is 0.468 e. The number of benzene rings is 2. The summed E-state index contributed by atoms with van der Waals surface area (Å²) in [5.41, 5.74) is 0.477. The van der Waals surface area contributed by atoms with Crippen LogP contribution in [0, 0.1) is 5.82 Å². The van der Waals surface area contributed by atoms with Crippen LogP contribution in [0.25, 0.3) is 0 Å². The number of hydrogen-bond acceptors (Lipinski definition) is 4. The highest BCUT2D eigenvalue weighted by Crippen LogP contribution is 2.20. The minimum Gasteiger partial charge on any atom is -0.468 e. The number of carbonyl (C=O) groups excluding carboxylic acids is 1. The minimum atomic E-state index is -3.73. The Hall–Kier alpha value is -2.68. The summed E-state index contributed by atoms with van der Waals surface area (Å²) in [6.07, 6.45) is 1.21. The number of furan rings is 1. The maximum atomic E-state index is 13.8. The van der Waals surface area contributed by atoms with E-state index in [0.29, 0.717) is 11.4 Å². The molecule has 28 heavy (non-hydrogen) atoms. The van der Waals surface area contributed by atoms with Crippen molar-refractivity contribution >= 4 is 33.2 Å². The van der Waals surface area contributed by atoms with E-state index in [1.165, 1.54) is 48.7 Å². The van der Waals surface area contributed by atoms with Crippen molar-refractivity contribution < 1.29 is 22.0 Å². The van der Waals surface area contributed by atoms with Gasteiger partial charge in [0.1, 0.15) is 11.6 Å². The molecule has 0 atom stereocenters. The van der Waals surface area contributed by atoms with Gasteiger partial charge in [-0.05, 0) is 48.5 Å². The Bertz CT molecular complexity index is 1050. The van der Waals surface area contributed by atoms with Crippen LogP contribution in [-0.4, -0.2) is 14.3 Å². The first kappa shape index (κ1) is 20.1. The van der Waals surface area contributed by atoms with E-state index < -0.39 is 21.7 Å². The molecule has 0 aliphatic heterocycles. The average molecular weight is 423 g/mol. The summed E-state index contributed by atoms with van der Waals surface area (Å²) in [4.78, 5) is 12.2. The molecule has 0 bridgehead atoms. The first-order valence-corrected chi connectivity index (χ1v) is 10.1. The number of sulfonamides is 1. The van der Waals surface area contributed by atoms with Crippen LogP contribution in [0.15, 0.2) is 70.2 Å². The van der Waals surface area contributed by atoms with Gasteiger partial charge in [0.2, 0.25) is 15.9 Å². The summed E-state index contributed by atoms with van der Waals surface area (Å²) in [6.45, 7) is 0.0250. The van der Waals surface area contributed by atoms with Crippen molar-refractivity contribution in [1.29, 1.82) is 0 Å². The molecular weight excluding hydrogens is 407 g/mol. The van der Waals surface area contributed by atoms with Crippen LogP contribution in [0.2, 0.25) is 5.02 Å². The highest BCUT2D eigenvalue weighted by molar-refractivity contribution is 7.89. The average Bonchev–Trinajstić information content (AvgIpc) is 3.17. The molecule has 2 N–H and O–H groups in total. The number of rotatable bonds is 7. The molecule has 3 aromatic rings. The molecule has 0 aliphatic carbocycles. The Morgan fingerprint density at radius 3 is 2.46 bits per heavy atom. The van der Waals surface area contributed by atoms with Crippen LogP contribution in [0.5, 0.6) is 0 Å². The van der Waals surface area contributed by atoms with E-state index in [4.69, 9.17) is 16.0 Å². The van der Waals surface area contributed by atoms with Gasteiger partial charge in [-0.15, -0.1) is 0 Å². The molecule has 1 heterocycles. The van der Waals surface area contributed by atoms with Gasteiger partial charge in [0.05, 0.1) is 24.1 Å². The molecule has 0 unspecified atom stereocenters. The Morgan fingerprint density at radius 2 is 1.82 bits per heavy atom. The first-order chi connectivity index (χ1) is 13.3. The van der Waals surface area contributed by atoms with Gasteiger partial charge in [-0.25, -0.2) is 17.5 Å². The fourth-order valence-electron chi connectivity index (χ4n) is 2.45. The monoisotopic (exact) mass is 422 g/mol. The van der Waals surface area contributed by atoms with E-state index in [9.17, 15) is 17.6 Å². The van der Waals surface area contributed by atoms with E-state index in [2.05, 4.69) is 10.0 Å². The molecule has 0 aliphatic rings. The van der Waals surface area contributed by atoms with Crippen molar-refractivity contribution in [3.05, 3.63) is 83.0 Å². The van der Waals surface area contributed by atoms with Crippen molar-refractivity contribution in [2.75, 3.05) is 5.32 Å².